The lowest BCUT2D eigenvalue weighted by Crippen LogP contribution is -2.43. The van der Waals surface area contributed by atoms with E-state index in [4.69, 9.17) is 14.2 Å². The van der Waals surface area contributed by atoms with Crippen molar-refractivity contribution in [2.45, 2.75) is 24.8 Å². The number of rotatable bonds is 10. The fourth-order valence-corrected chi connectivity index (χ4v) is 4.81. The van der Waals surface area contributed by atoms with Gasteiger partial charge in [0.1, 0.15) is 12.4 Å². The van der Waals surface area contributed by atoms with Gasteiger partial charge in [-0.2, -0.15) is 0 Å². The van der Waals surface area contributed by atoms with Crippen LogP contribution in [0.15, 0.2) is 47.4 Å². The standard InChI is InChI=1S/C23H32N2O5S/c1-18-5-4-6-20(15-18)22(25-9-11-29-12-10-25)17-24-31(26,27)21-7-8-23(19(2)16-21)30-14-13-28-3/h4-8,15-16,22,24H,9-14,17H2,1-3H3. The first kappa shape index (κ1) is 23.7. The molecular weight excluding hydrogens is 416 g/mol. The van der Waals surface area contributed by atoms with Crippen LogP contribution in [0.25, 0.3) is 0 Å². The van der Waals surface area contributed by atoms with Crippen LogP contribution in [0.2, 0.25) is 0 Å². The van der Waals surface area contributed by atoms with Crippen molar-refractivity contribution in [3.8, 4) is 5.75 Å². The van der Waals surface area contributed by atoms with Crippen LogP contribution in [0.5, 0.6) is 5.75 Å². The smallest absolute Gasteiger partial charge is 0.240 e. The molecule has 1 saturated heterocycles. The Morgan fingerprint density at radius 1 is 1.10 bits per heavy atom. The number of hydrogen-bond donors (Lipinski definition) is 1. The third-order valence-electron chi connectivity index (χ3n) is 5.38. The average molecular weight is 449 g/mol. The van der Waals surface area contributed by atoms with Gasteiger partial charge in [-0.1, -0.05) is 29.8 Å². The predicted molar refractivity (Wildman–Crippen MR) is 120 cm³/mol. The molecule has 3 rings (SSSR count). The second-order valence-corrected chi connectivity index (χ2v) is 9.47. The Morgan fingerprint density at radius 2 is 1.87 bits per heavy atom. The summed E-state index contributed by atoms with van der Waals surface area (Å²) in [6, 6.07) is 13.1. The van der Waals surface area contributed by atoms with Crippen LogP contribution in [-0.4, -0.2) is 66.5 Å². The van der Waals surface area contributed by atoms with Gasteiger partial charge in [-0.25, -0.2) is 13.1 Å². The maximum absolute atomic E-state index is 13.0. The molecule has 1 heterocycles. The first-order valence-electron chi connectivity index (χ1n) is 10.5. The van der Waals surface area contributed by atoms with Gasteiger partial charge in [0.05, 0.1) is 24.7 Å². The van der Waals surface area contributed by atoms with Gasteiger partial charge in [0.2, 0.25) is 10.0 Å². The van der Waals surface area contributed by atoms with Gasteiger partial charge in [-0.05, 0) is 43.2 Å². The van der Waals surface area contributed by atoms with Crippen molar-refractivity contribution in [3.63, 3.8) is 0 Å². The number of benzene rings is 2. The highest BCUT2D eigenvalue weighted by molar-refractivity contribution is 7.89. The Bertz CT molecular complexity index is 958. The van der Waals surface area contributed by atoms with E-state index in [1.807, 2.05) is 26.0 Å². The molecule has 0 bridgehead atoms. The van der Waals surface area contributed by atoms with Gasteiger partial charge in [0, 0.05) is 32.8 Å². The zero-order valence-electron chi connectivity index (χ0n) is 18.5. The van der Waals surface area contributed by atoms with E-state index in [0.29, 0.717) is 32.2 Å². The van der Waals surface area contributed by atoms with Crippen LogP contribution in [0, 0.1) is 13.8 Å². The summed E-state index contributed by atoms with van der Waals surface area (Å²) >= 11 is 0. The van der Waals surface area contributed by atoms with E-state index < -0.39 is 10.0 Å². The number of aryl methyl sites for hydroxylation is 2. The highest BCUT2D eigenvalue weighted by atomic mass is 32.2. The molecular formula is C23H32N2O5S. The lowest BCUT2D eigenvalue weighted by atomic mass is 10.0. The van der Waals surface area contributed by atoms with E-state index in [2.05, 4.69) is 21.8 Å². The summed E-state index contributed by atoms with van der Waals surface area (Å²) in [7, 11) is -2.06. The Balaban J connectivity index is 1.74. The summed E-state index contributed by atoms with van der Waals surface area (Å²) in [5.74, 6) is 0.655. The SMILES string of the molecule is COCCOc1ccc(S(=O)(=O)NCC(c2cccc(C)c2)N2CCOCC2)cc1C. The van der Waals surface area contributed by atoms with E-state index in [1.54, 1.807) is 25.3 Å². The summed E-state index contributed by atoms with van der Waals surface area (Å²) in [5.41, 5.74) is 3.02. The van der Waals surface area contributed by atoms with Gasteiger partial charge >= 0.3 is 0 Å². The highest BCUT2D eigenvalue weighted by Gasteiger charge is 2.25. The van der Waals surface area contributed by atoms with Crippen LogP contribution in [0.4, 0.5) is 0 Å². The highest BCUT2D eigenvalue weighted by Crippen LogP contribution is 2.25. The van der Waals surface area contributed by atoms with Crippen molar-refractivity contribution in [3.05, 3.63) is 59.2 Å². The number of nitrogens with zero attached hydrogens (tertiary/aromatic N) is 1. The molecule has 1 aliphatic rings. The Hall–Kier alpha value is -1.97. The zero-order valence-corrected chi connectivity index (χ0v) is 19.3. The number of methoxy groups -OCH3 is 1. The molecule has 0 spiro atoms. The first-order valence-corrected chi connectivity index (χ1v) is 12.0. The van der Waals surface area contributed by atoms with E-state index in [1.165, 1.54) is 0 Å². The van der Waals surface area contributed by atoms with Gasteiger partial charge in [0.15, 0.2) is 0 Å². The second kappa shape index (κ2) is 11.1. The lowest BCUT2D eigenvalue weighted by molar-refractivity contribution is 0.0172. The van der Waals surface area contributed by atoms with E-state index in [9.17, 15) is 8.42 Å². The monoisotopic (exact) mass is 448 g/mol. The quantitative estimate of drug-likeness (QED) is 0.563. The first-order chi connectivity index (χ1) is 14.9. The minimum absolute atomic E-state index is 0.0590. The van der Waals surface area contributed by atoms with E-state index in [0.717, 1.165) is 29.8 Å². The zero-order chi connectivity index (χ0) is 22.3. The number of morpholine rings is 1. The Morgan fingerprint density at radius 3 is 2.55 bits per heavy atom. The molecule has 1 fully saturated rings. The fourth-order valence-electron chi connectivity index (χ4n) is 3.68. The molecule has 1 aliphatic heterocycles. The molecule has 1 atom stereocenters. The third-order valence-corrected chi connectivity index (χ3v) is 6.80. The van der Waals surface area contributed by atoms with Gasteiger partial charge < -0.3 is 14.2 Å². The number of nitrogens with one attached hydrogen (secondary N) is 1. The molecule has 0 aromatic heterocycles. The van der Waals surface area contributed by atoms with Crippen LogP contribution >= 0.6 is 0 Å². The van der Waals surface area contributed by atoms with Crippen molar-refractivity contribution in [2.75, 3.05) is 53.2 Å². The molecule has 0 amide bonds. The Labute approximate surface area is 185 Å². The predicted octanol–water partition coefficient (Wildman–Crippen LogP) is 2.68. The number of sulfonamides is 1. The Kier molecular flexibility index (Phi) is 8.45. The minimum atomic E-state index is -3.66. The lowest BCUT2D eigenvalue weighted by Gasteiger charge is -2.35. The summed E-state index contributed by atoms with van der Waals surface area (Å²) in [6.07, 6.45) is 0. The van der Waals surface area contributed by atoms with Crippen LogP contribution in [-0.2, 0) is 19.5 Å². The van der Waals surface area contributed by atoms with Crippen molar-refractivity contribution < 1.29 is 22.6 Å². The largest absolute Gasteiger partial charge is 0.491 e. The molecule has 7 nitrogen and oxygen atoms in total. The molecule has 2 aromatic rings. The third kappa shape index (κ3) is 6.51. The molecule has 0 radical (unpaired) electrons. The number of ether oxygens (including phenoxy) is 3. The van der Waals surface area contributed by atoms with Crippen LogP contribution in [0.3, 0.4) is 0 Å². The normalized spacial score (nSPS) is 16.2. The van der Waals surface area contributed by atoms with Gasteiger partial charge in [-0.3, -0.25) is 4.90 Å². The molecule has 1 unspecified atom stereocenters. The molecule has 31 heavy (non-hydrogen) atoms. The summed E-state index contributed by atoms with van der Waals surface area (Å²) < 4.78 is 45.0. The van der Waals surface area contributed by atoms with Crippen molar-refractivity contribution in [1.82, 2.24) is 9.62 Å². The second-order valence-electron chi connectivity index (χ2n) is 7.70. The van der Waals surface area contributed by atoms with Crippen molar-refractivity contribution in [2.24, 2.45) is 0 Å². The minimum Gasteiger partial charge on any atom is -0.491 e. The maximum atomic E-state index is 13.0. The maximum Gasteiger partial charge on any atom is 0.240 e. The van der Waals surface area contributed by atoms with Crippen LogP contribution < -0.4 is 9.46 Å². The average Bonchev–Trinajstić information content (AvgIpc) is 2.76. The van der Waals surface area contributed by atoms with Gasteiger partial charge in [-0.15, -0.1) is 0 Å². The van der Waals surface area contributed by atoms with Crippen molar-refractivity contribution in [1.29, 1.82) is 0 Å². The van der Waals surface area contributed by atoms with E-state index in [-0.39, 0.29) is 17.5 Å². The topological polar surface area (TPSA) is 77.1 Å². The molecule has 170 valence electrons. The molecule has 8 heteroatoms. The number of hydrogen-bond acceptors (Lipinski definition) is 6. The van der Waals surface area contributed by atoms with E-state index >= 15 is 0 Å². The summed E-state index contributed by atoms with van der Waals surface area (Å²) in [4.78, 5) is 2.51. The molecule has 0 aliphatic carbocycles. The molecule has 1 N–H and O–H groups in total. The fraction of sp³-hybridized carbons (Fsp3) is 0.478. The van der Waals surface area contributed by atoms with Gasteiger partial charge in [0.25, 0.3) is 0 Å². The molecule has 0 saturated carbocycles. The molecule has 2 aromatic carbocycles. The summed E-state index contributed by atoms with van der Waals surface area (Å²) in [6.45, 7) is 7.91. The van der Waals surface area contributed by atoms with Crippen molar-refractivity contribution >= 4 is 10.0 Å². The van der Waals surface area contributed by atoms with Crippen LogP contribution in [0.1, 0.15) is 22.7 Å². The summed E-state index contributed by atoms with van der Waals surface area (Å²) in [5, 5.41) is 0.